The first-order valence-electron chi connectivity index (χ1n) is 3.60. The molecule has 9 heavy (non-hydrogen) atoms. The van der Waals surface area contributed by atoms with E-state index in [0.29, 0.717) is 0 Å². The highest BCUT2D eigenvalue weighted by atomic mass is 32.2. The molecule has 0 bridgehead atoms. The molecular formula is C7H14NS. The van der Waals surface area contributed by atoms with Gasteiger partial charge in [0, 0.05) is 12.3 Å². The van der Waals surface area contributed by atoms with Gasteiger partial charge in [-0.3, -0.25) is 0 Å². The predicted octanol–water partition coefficient (Wildman–Crippen LogP) is 1.31. The zero-order valence-electron chi connectivity index (χ0n) is 5.73. The summed E-state index contributed by atoms with van der Waals surface area (Å²) in [6.07, 6.45) is 4.93. The van der Waals surface area contributed by atoms with Crippen LogP contribution in [-0.4, -0.2) is 24.6 Å². The summed E-state index contributed by atoms with van der Waals surface area (Å²) >= 11 is 2.05. The maximum Gasteiger partial charge on any atom is 0.00581 e. The van der Waals surface area contributed by atoms with Gasteiger partial charge >= 0.3 is 0 Å². The minimum absolute atomic E-state index is 1.18. The van der Waals surface area contributed by atoms with Crippen molar-refractivity contribution in [3.05, 3.63) is 6.42 Å². The average Bonchev–Trinajstić information content (AvgIpc) is 2.00. The smallest absolute Gasteiger partial charge is 0.00581 e. The van der Waals surface area contributed by atoms with Crippen molar-refractivity contribution >= 4 is 11.8 Å². The SMILES string of the molecule is [CH]1CCNCCSCC1. The Hall–Kier alpha value is 0.310. The second-order valence-corrected chi connectivity index (χ2v) is 3.45. The molecule has 1 N–H and O–H groups in total. The van der Waals surface area contributed by atoms with Crippen LogP contribution in [0.15, 0.2) is 0 Å². The van der Waals surface area contributed by atoms with Crippen molar-refractivity contribution in [3.8, 4) is 0 Å². The fourth-order valence-electron chi connectivity index (χ4n) is 0.887. The Kier molecular flexibility index (Phi) is 4.22. The molecule has 1 nitrogen and oxygen atoms in total. The quantitative estimate of drug-likeness (QED) is 0.550. The summed E-state index contributed by atoms with van der Waals surface area (Å²) in [5.74, 6) is 2.61. The van der Waals surface area contributed by atoms with Crippen LogP contribution in [0.25, 0.3) is 0 Å². The fourth-order valence-corrected chi connectivity index (χ4v) is 1.71. The highest BCUT2D eigenvalue weighted by Gasteiger charge is 1.94. The molecule has 1 saturated heterocycles. The van der Waals surface area contributed by atoms with Gasteiger partial charge in [-0.25, -0.2) is 0 Å². The molecule has 0 unspecified atom stereocenters. The van der Waals surface area contributed by atoms with Gasteiger partial charge in [-0.1, -0.05) is 0 Å². The third kappa shape index (κ3) is 3.82. The van der Waals surface area contributed by atoms with Gasteiger partial charge in [0.05, 0.1) is 0 Å². The fraction of sp³-hybridized carbons (Fsp3) is 0.857. The minimum atomic E-state index is 1.18. The molecule has 0 aromatic heterocycles. The van der Waals surface area contributed by atoms with E-state index >= 15 is 0 Å². The van der Waals surface area contributed by atoms with Crippen molar-refractivity contribution in [1.29, 1.82) is 0 Å². The standard InChI is InChI=1S/C7H14NS/c1-2-4-8-5-7-9-6-3-1/h1,8H,2-7H2. The topological polar surface area (TPSA) is 12.0 Å². The second-order valence-electron chi connectivity index (χ2n) is 2.23. The zero-order valence-corrected chi connectivity index (χ0v) is 6.54. The van der Waals surface area contributed by atoms with E-state index in [1.807, 2.05) is 11.8 Å². The summed E-state index contributed by atoms with van der Waals surface area (Å²) < 4.78 is 0. The maximum atomic E-state index is 3.38. The predicted molar refractivity (Wildman–Crippen MR) is 43.7 cm³/mol. The second kappa shape index (κ2) is 5.12. The van der Waals surface area contributed by atoms with Gasteiger partial charge < -0.3 is 5.32 Å². The number of rotatable bonds is 0. The highest BCUT2D eigenvalue weighted by molar-refractivity contribution is 7.99. The number of hydrogen-bond donors (Lipinski definition) is 1. The molecule has 2 heteroatoms. The molecule has 1 aliphatic heterocycles. The van der Waals surface area contributed by atoms with Gasteiger partial charge in [-0.2, -0.15) is 11.8 Å². The third-order valence-corrected chi connectivity index (χ3v) is 2.43. The van der Waals surface area contributed by atoms with Gasteiger partial charge in [0.2, 0.25) is 0 Å². The Morgan fingerprint density at radius 1 is 1.11 bits per heavy atom. The lowest BCUT2D eigenvalue weighted by molar-refractivity contribution is 0.711. The molecule has 0 amide bonds. The van der Waals surface area contributed by atoms with Crippen LogP contribution < -0.4 is 5.32 Å². The molecule has 0 aliphatic carbocycles. The molecular weight excluding hydrogens is 130 g/mol. The van der Waals surface area contributed by atoms with Crippen LogP contribution in [-0.2, 0) is 0 Å². The van der Waals surface area contributed by atoms with E-state index in [1.54, 1.807) is 0 Å². The average molecular weight is 144 g/mol. The van der Waals surface area contributed by atoms with Crippen LogP contribution >= 0.6 is 11.8 Å². The summed E-state index contributed by atoms with van der Waals surface area (Å²) in [4.78, 5) is 0. The first kappa shape index (κ1) is 7.42. The molecule has 1 radical (unpaired) electrons. The monoisotopic (exact) mass is 144 g/mol. The lowest BCUT2D eigenvalue weighted by Gasteiger charge is -1.97. The van der Waals surface area contributed by atoms with Gasteiger partial charge in [-0.15, -0.1) is 0 Å². The van der Waals surface area contributed by atoms with Gasteiger partial charge in [0.15, 0.2) is 0 Å². The first-order chi connectivity index (χ1) is 4.50. The Labute approximate surface area is 61.6 Å². The van der Waals surface area contributed by atoms with E-state index in [2.05, 4.69) is 11.7 Å². The largest absolute Gasteiger partial charge is 0.316 e. The molecule has 1 rings (SSSR count). The van der Waals surface area contributed by atoms with E-state index in [0.717, 1.165) is 0 Å². The van der Waals surface area contributed by atoms with Crippen molar-refractivity contribution in [3.63, 3.8) is 0 Å². The molecule has 0 spiro atoms. The van der Waals surface area contributed by atoms with E-state index in [1.165, 1.54) is 37.4 Å². The van der Waals surface area contributed by atoms with Crippen molar-refractivity contribution in [2.45, 2.75) is 12.8 Å². The van der Waals surface area contributed by atoms with Crippen LogP contribution in [0.1, 0.15) is 12.8 Å². The molecule has 0 aromatic rings. The van der Waals surface area contributed by atoms with E-state index < -0.39 is 0 Å². The number of thioether (sulfide) groups is 1. The maximum absolute atomic E-state index is 3.38. The highest BCUT2D eigenvalue weighted by Crippen LogP contribution is 2.05. The molecule has 1 heterocycles. The molecule has 0 aromatic carbocycles. The molecule has 0 saturated carbocycles. The van der Waals surface area contributed by atoms with Gasteiger partial charge in [0.1, 0.15) is 0 Å². The Bertz CT molecular complexity index is 37.4. The lowest BCUT2D eigenvalue weighted by Crippen LogP contribution is -2.17. The summed E-state index contributed by atoms with van der Waals surface area (Å²) in [6.45, 7) is 2.37. The number of hydrogen-bond acceptors (Lipinski definition) is 2. The molecule has 53 valence electrons. The molecule has 0 atom stereocenters. The summed E-state index contributed by atoms with van der Waals surface area (Å²) in [5, 5.41) is 3.38. The van der Waals surface area contributed by atoms with E-state index in [9.17, 15) is 0 Å². The van der Waals surface area contributed by atoms with Crippen LogP contribution in [0, 0.1) is 6.42 Å². The van der Waals surface area contributed by atoms with Crippen LogP contribution in [0.4, 0.5) is 0 Å². The first-order valence-corrected chi connectivity index (χ1v) is 4.76. The van der Waals surface area contributed by atoms with E-state index in [4.69, 9.17) is 0 Å². The van der Waals surface area contributed by atoms with Gasteiger partial charge in [-0.05, 0) is 31.6 Å². The van der Waals surface area contributed by atoms with Crippen molar-refractivity contribution < 1.29 is 0 Å². The molecule has 1 fully saturated rings. The third-order valence-electron chi connectivity index (χ3n) is 1.41. The van der Waals surface area contributed by atoms with Crippen molar-refractivity contribution in [2.24, 2.45) is 0 Å². The van der Waals surface area contributed by atoms with Crippen LogP contribution in [0.5, 0.6) is 0 Å². The summed E-state index contributed by atoms with van der Waals surface area (Å²) in [6, 6.07) is 0. The van der Waals surface area contributed by atoms with Crippen LogP contribution in [0.2, 0.25) is 0 Å². The van der Waals surface area contributed by atoms with Crippen molar-refractivity contribution in [2.75, 3.05) is 24.6 Å². The normalized spacial score (nSPS) is 24.0. The number of nitrogens with one attached hydrogen (secondary N) is 1. The Morgan fingerprint density at radius 3 is 3.11 bits per heavy atom. The van der Waals surface area contributed by atoms with Crippen molar-refractivity contribution in [1.82, 2.24) is 5.32 Å². The van der Waals surface area contributed by atoms with E-state index in [-0.39, 0.29) is 0 Å². The van der Waals surface area contributed by atoms with Crippen LogP contribution in [0.3, 0.4) is 0 Å². The lowest BCUT2D eigenvalue weighted by atomic mass is 10.2. The zero-order chi connectivity index (χ0) is 6.36. The Morgan fingerprint density at radius 2 is 2.11 bits per heavy atom. The summed E-state index contributed by atoms with van der Waals surface area (Å²) in [7, 11) is 0. The summed E-state index contributed by atoms with van der Waals surface area (Å²) in [5.41, 5.74) is 0. The van der Waals surface area contributed by atoms with Gasteiger partial charge in [0.25, 0.3) is 0 Å². The Balaban J connectivity index is 2.02. The molecule has 1 aliphatic rings. The minimum Gasteiger partial charge on any atom is -0.316 e.